The van der Waals surface area contributed by atoms with Gasteiger partial charge in [-0.15, -0.1) is 0 Å². The molecule has 0 spiro atoms. The van der Waals surface area contributed by atoms with E-state index >= 15 is 0 Å². The van der Waals surface area contributed by atoms with Crippen molar-refractivity contribution in [3.63, 3.8) is 0 Å². The summed E-state index contributed by atoms with van der Waals surface area (Å²) < 4.78 is 7.42. The fourth-order valence-corrected chi connectivity index (χ4v) is 7.58. The molecule has 6 aromatic rings. The Bertz CT molecular complexity index is 1880. The number of methoxy groups -OCH3 is 1. The molecular formula is C42H41N3O3S. The van der Waals surface area contributed by atoms with E-state index < -0.39 is 17.6 Å². The van der Waals surface area contributed by atoms with Crippen molar-refractivity contribution < 1.29 is 14.3 Å². The Labute approximate surface area is 292 Å². The topological polar surface area (TPSA) is 73.2 Å². The quantitative estimate of drug-likeness (QED) is 0.0953. The van der Waals surface area contributed by atoms with Crippen molar-refractivity contribution in [2.24, 2.45) is 5.92 Å². The van der Waals surface area contributed by atoms with E-state index in [2.05, 4.69) is 82.5 Å². The standard InChI is InChI=1S/C42H41N3O3S/c1-3-49-29-33(26-32-18-15-17-31-16-13-14-25-38(31)32)40(46)44-39(41(47)48-2)27-37-28-43-30-45(37)42(34-19-7-4-8-20-34,35-21-9-5-10-22-35)36-23-11-6-12-24-36/h4-25,28,30,33,39H,3,26-27,29H2,1-2H3,(H,44,46)/t33-,39+/m1/s1. The van der Waals surface area contributed by atoms with Crippen molar-refractivity contribution in [2.45, 2.75) is 31.3 Å². The van der Waals surface area contributed by atoms with Crippen molar-refractivity contribution in [2.75, 3.05) is 18.6 Å². The van der Waals surface area contributed by atoms with Crippen LogP contribution < -0.4 is 5.32 Å². The molecule has 248 valence electrons. The van der Waals surface area contributed by atoms with E-state index in [1.54, 1.807) is 18.0 Å². The molecule has 6 rings (SSSR count). The van der Waals surface area contributed by atoms with Gasteiger partial charge >= 0.3 is 5.97 Å². The van der Waals surface area contributed by atoms with Gasteiger partial charge in [-0.3, -0.25) is 4.79 Å². The number of carbonyl (C=O) groups is 2. The van der Waals surface area contributed by atoms with Gasteiger partial charge in [-0.2, -0.15) is 11.8 Å². The highest BCUT2D eigenvalue weighted by molar-refractivity contribution is 7.99. The minimum Gasteiger partial charge on any atom is -0.467 e. The number of nitrogens with one attached hydrogen (secondary N) is 1. The molecule has 1 N–H and O–H groups in total. The third-order valence-corrected chi connectivity index (χ3v) is 10.2. The number of ether oxygens (including phenoxy) is 1. The molecule has 2 atom stereocenters. The number of rotatable bonds is 14. The van der Waals surface area contributed by atoms with Crippen molar-refractivity contribution in [3.05, 3.63) is 174 Å². The molecule has 49 heavy (non-hydrogen) atoms. The van der Waals surface area contributed by atoms with Gasteiger partial charge in [-0.25, -0.2) is 9.78 Å². The molecular weight excluding hydrogens is 627 g/mol. The fourth-order valence-electron chi connectivity index (χ4n) is 6.79. The SMILES string of the molecule is CCSC[C@@H](Cc1cccc2ccccc12)C(=O)N[C@@H](Cc1cncn1C(c1ccccc1)(c1ccccc1)c1ccccc1)C(=O)OC. The van der Waals surface area contributed by atoms with Gasteiger partial charge in [0, 0.05) is 24.1 Å². The number of benzene rings is 5. The largest absolute Gasteiger partial charge is 0.467 e. The Balaban J connectivity index is 1.38. The van der Waals surface area contributed by atoms with E-state index in [4.69, 9.17) is 4.74 Å². The van der Waals surface area contributed by atoms with Crippen molar-refractivity contribution in [1.82, 2.24) is 14.9 Å². The lowest BCUT2D eigenvalue weighted by Gasteiger charge is -2.39. The number of nitrogens with zero attached hydrogens (tertiary/aromatic N) is 2. The second-order valence-electron chi connectivity index (χ2n) is 12.1. The van der Waals surface area contributed by atoms with Crippen LogP contribution >= 0.6 is 11.8 Å². The van der Waals surface area contributed by atoms with Crippen molar-refractivity contribution >= 4 is 34.4 Å². The zero-order valence-electron chi connectivity index (χ0n) is 27.9. The van der Waals surface area contributed by atoms with Crippen LogP contribution in [-0.2, 0) is 32.7 Å². The third kappa shape index (κ3) is 7.18. The average Bonchev–Trinajstić information content (AvgIpc) is 3.62. The van der Waals surface area contributed by atoms with Crippen LogP contribution in [0.2, 0.25) is 0 Å². The Kier molecular flexibility index (Phi) is 10.9. The maximum absolute atomic E-state index is 14.1. The third-order valence-electron chi connectivity index (χ3n) is 9.11. The van der Waals surface area contributed by atoms with Crippen molar-refractivity contribution in [3.8, 4) is 0 Å². The first kappa shape index (κ1) is 33.7. The summed E-state index contributed by atoms with van der Waals surface area (Å²) in [5, 5.41) is 5.39. The number of thioether (sulfide) groups is 1. The average molecular weight is 668 g/mol. The number of esters is 1. The summed E-state index contributed by atoms with van der Waals surface area (Å²) in [4.78, 5) is 32.2. The van der Waals surface area contributed by atoms with Gasteiger partial charge in [-0.1, -0.05) is 140 Å². The molecule has 5 aromatic carbocycles. The van der Waals surface area contributed by atoms with Crippen LogP contribution in [0.1, 0.15) is 34.9 Å². The lowest BCUT2D eigenvalue weighted by atomic mass is 9.76. The summed E-state index contributed by atoms with van der Waals surface area (Å²) >= 11 is 1.72. The van der Waals surface area contributed by atoms with Gasteiger partial charge < -0.3 is 14.6 Å². The van der Waals surface area contributed by atoms with E-state index in [0.29, 0.717) is 12.2 Å². The molecule has 1 heterocycles. The maximum Gasteiger partial charge on any atom is 0.328 e. The maximum atomic E-state index is 14.1. The molecule has 0 bridgehead atoms. The summed E-state index contributed by atoms with van der Waals surface area (Å²) in [7, 11) is 1.36. The van der Waals surface area contributed by atoms with E-state index in [1.807, 2.05) is 79.1 Å². The minimum absolute atomic E-state index is 0.171. The van der Waals surface area contributed by atoms with Crippen molar-refractivity contribution in [1.29, 1.82) is 0 Å². The monoisotopic (exact) mass is 667 g/mol. The second kappa shape index (κ2) is 15.8. The summed E-state index contributed by atoms with van der Waals surface area (Å²) in [6, 6.07) is 44.5. The molecule has 0 aliphatic carbocycles. The summed E-state index contributed by atoms with van der Waals surface area (Å²) in [6.45, 7) is 2.09. The number of carbonyl (C=O) groups excluding carboxylic acids is 2. The number of hydrogen-bond acceptors (Lipinski definition) is 5. The number of aromatic nitrogens is 2. The van der Waals surface area contributed by atoms with Gasteiger partial charge in [-0.05, 0) is 45.2 Å². The Hall–Kier alpha value is -5.14. The number of imidazole rings is 1. The highest BCUT2D eigenvalue weighted by Crippen LogP contribution is 2.41. The van der Waals surface area contributed by atoms with Gasteiger partial charge in [0.05, 0.1) is 19.4 Å². The van der Waals surface area contributed by atoms with Gasteiger partial charge in [0.25, 0.3) is 0 Å². The Morgan fingerprint density at radius 1 is 0.776 bits per heavy atom. The Morgan fingerprint density at radius 3 is 1.94 bits per heavy atom. The fraction of sp³-hybridized carbons (Fsp3) is 0.214. The normalized spacial score (nSPS) is 12.7. The minimum atomic E-state index is -0.922. The molecule has 1 amide bonds. The highest BCUT2D eigenvalue weighted by Gasteiger charge is 2.40. The molecule has 0 unspecified atom stereocenters. The number of hydrogen-bond donors (Lipinski definition) is 1. The molecule has 0 aliphatic heterocycles. The predicted molar refractivity (Wildman–Crippen MR) is 199 cm³/mol. The van der Waals surface area contributed by atoms with Crippen LogP contribution in [0.25, 0.3) is 10.8 Å². The summed E-state index contributed by atoms with van der Waals surface area (Å²) in [5.74, 6) is 0.509. The molecule has 0 aliphatic rings. The molecule has 0 saturated heterocycles. The molecule has 0 fully saturated rings. The van der Waals surface area contributed by atoms with Crippen LogP contribution in [0.3, 0.4) is 0 Å². The zero-order valence-corrected chi connectivity index (χ0v) is 28.7. The van der Waals surface area contributed by atoms with Gasteiger partial charge in [0.2, 0.25) is 5.91 Å². The van der Waals surface area contributed by atoms with E-state index in [1.165, 1.54) is 7.11 Å². The lowest BCUT2D eigenvalue weighted by molar-refractivity contribution is -0.145. The van der Waals surface area contributed by atoms with Crippen LogP contribution in [0, 0.1) is 5.92 Å². The first-order chi connectivity index (χ1) is 24.1. The summed E-state index contributed by atoms with van der Waals surface area (Å²) in [6.07, 6.45) is 4.35. The molecule has 7 heteroatoms. The van der Waals surface area contributed by atoms with Crippen LogP contribution in [0.15, 0.2) is 146 Å². The van der Waals surface area contributed by atoms with Crippen LogP contribution in [-0.4, -0.2) is 46.1 Å². The second-order valence-corrected chi connectivity index (χ2v) is 13.4. The van der Waals surface area contributed by atoms with E-state index in [-0.39, 0.29) is 18.2 Å². The van der Waals surface area contributed by atoms with Gasteiger partial charge in [0.15, 0.2) is 0 Å². The Morgan fingerprint density at radius 2 is 1.35 bits per heavy atom. The zero-order chi connectivity index (χ0) is 34.1. The first-order valence-electron chi connectivity index (χ1n) is 16.7. The van der Waals surface area contributed by atoms with Crippen LogP contribution in [0.5, 0.6) is 0 Å². The first-order valence-corrected chi connectivity index (χ1v) is 17.8. The molecule has 0 radical (unpaired) electrons. The lowest BCUT2D eigenvalue weighted by Crippen LogP contribution is -2.47. The number of fused-ring (bicyclic) bond motifs is 1. The molecule has 6 nitrogen and oxygen atoms in total. The van der Waals surface area contributed by atoms with Gasteiger partial charge in [0.1, 0.15) is 11.6 Å². The summed E-state index contributed by atoms with van der Waals surface area (Å²) in [5.41, 5.74) is 4.20. The highest BCUT2D eigenvalue weighted by atomic mass is 32.2. The van der Waals surface area contributed by atoms with E-state index in [0.717, 1.165) is 44.5 Å². The molecule has 1 aromatic heterocycles. The number of amides is 1. The molecule has 0 saturated carbocycles. The van der Waals surface area contributed by atoms with Crippen LogP contribution in [0.4, 0.5) is 0 Å². The predicted octanol–water partition coefficient (Wildman–Crippen LogP) is 7.69. The smallest absolute Gasteiger partial charge is 0.328 e. The van der Waals surface area contributed by atoms with E-state index in [9.17, 15) is 9.59 Å².